The Labute approximate surface area is 116 Å². The van der Waals surface area contributed by atoms with Crippen LogP contribution in [0.25, 0.3) is 10.6 Å². The fourth-order valence-electron chi connectivity index (χ4n) is 1.86. The van der Waals surface area contributed by atoms with Crippen LogP contribution in [0.3, 0.4) is 0 Å². The number of anilines is 1. The zero-order valence-electron chi connectivity index (χ0n) is 11.6. The standard InChI is InChI=1S/C13H18N4OS/c1-5-17-9(4)6-7-10(12(17)18)11-15-16-13(19-11)14-8(2)3/h6-8H,5H2,1-4H3,(H,14,16). The van der Waals surface area contributed by atoms with Gasteiger partial charge in [0.25, 0.3) is 5.56 Å². The van der Waals surface area contributed by atoms with Gasteiger partial charge in [0.2, 0.25) is 5.13 Å². The number of hydrogen-bond acceptors (Lipinski definition) is 5. The minimum absolute atomic E-state index is 0.00486. The van der Waals surface area contributed by atoms with Gasteiger partial charge in [-0.15, -0.1) is 10.2 Å². The van der Waals surface area contributed by atoms with Crippen molar-refractivity contribution in [2.24, 2.45) is 0 Å². The lowest BCUT2D eigenvalue weighted by atomic mass is 10.2. The molecule has 2 heterocycles. The molecule has 102 valence electrons. The van der Waals surface area contributed by atoms with E-state index in [-0.39, 0.29) is 5.56 Å². The van der Waals surface area contributed by atoms with Gasteiger partial charge in [-0.05, 0) is 39.8 Å². The summed E-state index contributed by atoms with van der Waals surface area (Å²) in [4.78, 5) is 12.3. The molecule has 0 saturated heterocycles. The quantitative estimate of drug-likeness (QED) is 0.933. The molecule has 0 aliphatic carbocycles. The largest absolute Gasteiger partial charge is 0.358 e. The van der Waals surface area contributed by atoms with Crippen LogP contribution in [0.4, 0.5) is 5.13 Å². The molecule has 2 aromatic rings. The van der Waals surface area contributed by atoms with E-state index >= 15 is 0 Å². The summed E-state index contributed by atoms with van der Waals surface area (Å²) >= 11 is 1.41. The van der Waals surface area contributed by atoms with Crippen molar-refractivity contribution in [2.45, 2.75) is 40.3 Å². The highest BCUT2D eigenvalue weighted by atomic mass is 32.1. The highest BCUT2D eigenvalue weighted by molar-refractivity contribution is 7.18. The monoisotopic (exact) mass is 278 g/mol. The Morgan fingerprint density at radius 2 is 2.11 bits per heavy atom. The minimum atomic E-state index is -0.00486. The van der Waals surface area contributed by atoms with Gasteiger partial charge in [0, 0.05) is 18.3 Å². The van der Waals surface area contributed by atoms with Crippen molar-refractivity contribution in [3.8, 4) is 10.6 Å². The van der Waals surface area contributed by atoms with Crippen molar-refractivity contribution in [3.63, 3.8) is 0 Å². The zero-order valence-corrected chi connectivity index (χ0v) is 12.4. The molecule has 2 rings (SSSR count). The van der Waals surface area contributed by atoms with Crippen LogP contribution in [0.2, 0.25) is 0 Å². The van der Waals surface area contributed by atoms with Gasteiger partial charge in [-0.3, -0.25) is 4.79 Å². The molecule has 19 heavy (non-hydrogen) atoms. The van der Waals surface area contributed by atoms with Crippen LogP contribution < -0.4 is 10.9 Å². The van der Waals surface area contributed by atoms with Crippen LogP contribution in [0.1, 0.15) is 26.5 Å². The third-order valence-corrected chi connectivity index (χ3v) is 3.66. The Morgan fingerprint density at radius 1 is 1.37 bits per heavy atom. The minimum Gasteiger partial charge on any atom is -0.358 e. The fourth-order valence-corrected chi connectivity index (χ4v) is 2.77. The van der Waals surface area contributed by atoms with Gasteiger partial charge in [0.15, 0.2) is 5.01 Å². The number of pyridine rings is 1. The van der Waals surface area contributed by atoms with Gasteiger partial charge in [-0.2, -0.15) is 0 Å². The zero-order chi connectivity index (χ0) is 14.0. The molecule has 5 nitrogen and oxygen atoms in total. The van der Waals surface area contributed by atoms with Crippen molar-refractivity contribution in [1.82, 2.24) is 14.8 Å². The average molecular weight is 278 g/mol. The lowest BCUT2D eigenvalue weighted by Crippen LogP contribution is -2.22. The molecule has 0 aliphatic rings. The molecule has 6 heteroatoms. The van der Waals surface area contributed by atoms with E-state index in [0.717, 1.165) is 10.8 Å². The molecule has 1 N–H and O–H groups in total. The predicted octanol–water partition coefficient (Wildman–Crippen LogP) is 2.52. The van der Waals surface area contributed by atoms with Gasteiger partial charge in [-0.25, -0.2) is 0 Å². The van der Waals surface area contributed by atoms with Crippen molar-refractivity contribution in [3.05, 3.63) is 28.2 Å². The van der Waals surface area contributed by atoms with Crippen LogP contribution in [-0.4, -0.2) is 20.8 Å². The van der Waals surface area contributed by atoms with E-state index in [1.807, 2.05) is 39.8 Å². The highest BCUT2D eigenvalue weighted by Crippen LogP contribution is 2.24. The maximum atomic E-state index is 12.3. The lowest BCUT2D eigenvalue weighted by Gasteiger charge is -2.07. The number of aromatic nitrogens is 3. The predicted molar refractivity (Wildman–Crippen MR) is 78.8 cm³/mol. The second-order valence-corrected chi connectivity index (χ2v) is 5.63. The van der Waals surface area contributed by atoms with Crippen LogP contribution in [0, 0.1) is 6.92 Å². The van der Waals surface area contributed by atoms with Gasteiger partial charge in [0.1, 0.15) is 0 Å². The Hall–Kier alpha value is -1.69. The van der Waals surface area contributed by atoms with E-state index in [1.165, 1.54) is 11.3 Å². The Kier molecular flexibility index (Phi) is 3.99. The molecule has 0 amide bonds. The molecule has 0 radical (unpaired) electrons. The molecule has 0 aromatic carbocycles. The van der Waals surface area contributed by atoms with E-state index in [1.54, 1.807) is 4.57 Å². The summed E-state index contributed by atoms with van der Waals surface area (Å²) in [5.74, 6) is 0. The summed E-state index contributed by atoms with van der Waals surface area (Å²) < 4.78 is 1.74. The normalized spacial score (nSPS) is 11.0. The molecule has 0 atom stereocenters. The van der Waals surface area contributed by atoms with E-state index in [2.05, 4.69) is 15.5 Å². The summed E-state index contributed by atoms with van der Waals surface area (Å²) in [5.41, 5.74) is 1.57. The van der Waals surface area contributed by atoms with Gasteiger partial charge in [-0.1, -0.05) is 11.3 Å². The summed E-state index contributed by atoms with van der Waals surface area (Å²) in [6.07, 6.45) is 0. The average Bonchev–Trinajstić information content (AvgIpc) is 2.77. The number of nitrogens with zero attached hydrogens (tertiary/aromatic N) is 3. The van der Waals surface area contributed by atoms with Crippen LogP contribution in [-0.2, 0) is 6.54 Å². The van der Waals surface area contributed by atoms with Crippen molar-refractivity contribution in [2.75, 3.05) is 5.32 Å². The first-order chi connectivity index (χ1) is 9.02. The number of aryl methyl sites for hydroxylation is 1. The smallest absolute Gasteiger partial charge is 0.261 e. The Balaban J connectivity index is 2.42. The summed E-state index contributed by atoms with van der Waals surface area (Å²) in [5, 5.41) is 12.8. The molecular weight excluding hydrogens is 260 g/mol. The molecule has 0 bridgehead atoms. The second-order valence-electron chi connectivity index (χ2n) is 4.65. The van der Waals surface area contributed by atoms with Crippen molar-refractivity contribution >= 4 is 16.5 Å². The Bertz CT molecular complexity index is 630. The van der Waals surface area contributed by atoms with Crippen LogP contribution >= 0.6 is 11.3 Å². The molecular formula is C13H18N4OS. The second kappa shape index (κ2) is 5.52. The van der Waals surface area contributed by atoms with Crippen LogP contribution in [0.5, 0.6) is 0 Å². The topological polar surface area (TPSA) is 59.8 Å². The SMILES string of the molecule is CCn1c(C)ccc(-c2nnc(NC(C)C)s2)c1=O. The maximum Gasteiger partial charge on any atom is 0.261 e. The van der Waals surface area contributed by atoms with Gasteiger partial charge < -0.3 is 9.88 Å². The maximum absolute atomic E-state index is 12.3. The van der Waals surface area contributed by atoms with E-state index in [4.69, 9.17) is 0 Å². The molecule has 0 aliphatic heterocycles. The first-order valence-corrected chi connectivity index (χ1v) is 7.15. The molecule has 0 saturated carbocycles. The van der Waals surface area contributed by atoms with E-state index in [9.17, 15) is 4.79 Å². The molecule has 0 spiro atoms. The summed E-state index contributed by atoms with van der Waals surface area (Å²) in [7, 11) is 0. The number of nitrogens with one attached hydrogen (secondary N) is 1. The van der Waals surface area contributed by atoms with Crippen LogP contribution in [0.15, 0.2) is 16.9 Å². The van der Waals surface area contributed by atoms with E-state index < -0.39 is 0 Å². The molecule has 0 fully saturated rings. The first-order valence-electron chi connectivity index (χ1n) is 6.33. The highest BCUT2D eigenvalue weighted by Gasteiger charge is 2.13. The number of hydrogen-bond donors (Lipinski definition) is 1. The summed E-state index contributed by atoms with van der Waals surface area (Å²) in [6, 6.07) is 4.06. The third kappa shape index (κ3) is 2.84. The Morgan fingerprint density at radius 3 is 2.74 bits per heavy atom. The van der Waals surface area contributed by atoms with Crippen molar-refractivity contribution in [1.29, 1.82) is 0 Å². The number of rotatable bonds is 4. The lowest BCUT2D eigenvalue weighted by molar-refractivity contribution is 0.702. The molecule has 0 unspecified atom stereocenters. The third-order valence-electron chi connectivity index (χ3n) is 2.78. The molecule has 2 aromatic heterocycles. The first kappa shape index (κ1) is 13.7. The van der Waals surface area contributed by atoms with Gasteiger partial charge >= 0.3 is 0 Å². The fraction of sp³-hybridized carbons (Fsp3) is 0.462. The van der Waals surface area contributed by atoms with E-state index in [0.29, 0.717) is 23.2 Å². The summed E-state index contributed by atoms with van der Waals surface area (Å²) in [6.45, 7) is 8.63. The van der Waals surface area contributed by atoms with Gasteiger partial charge in [0.05, 0.1) is 5.56 Å². The van der Waals surface area contributed by atoms with Crippen molar-refractivity contribution < 1.29 is 0 Å².